The van der Waals surface area contributed by atoms with E-state index in [0.717, 1.165) is 6.54 Å². The van der Waals surface area contributed by atoms with Crippen molar-refractivity contribution >= 4 is 12.0 Å². The van der Waals surface area contributed by atoms with Gasteiger partial charge in [0.1, 0.15) is 0 Å². The fraction of sp³-hybridized carbons (Fsp3) is 0.818. The summed E-state index contributed by atoms with van der Waals surface area (Å²) in [5.74, 6) is -1.05. The van der Waals surface area contributed by atoms with Crippen LogP contribution < -0.4 is 5.32 Å². The lowest BCUT2D eigenvalue weighted by Crippen LogP contribution is -2.58. The molecule has 2 amide bonds. The van der Waals surface area contributed by atoms with Crippen molar-refractivity contribution in [3.63, 3.8) is 0 Å². The zero-order valence-corrected chi connectivity index (χ0v) is 11.1. The summed E-state index contributed by atoms with van der Waals surface area (Å²) in [7, 11) is 5.47. The zero-order valence-electron chi connectivity index (χ0n) is 11.1. The Morgan fingerprint density at radius 1 is 1.33 bits per heavy atom. The van der Waals surface area contributed by atoms with Gasteiger partial charge in [0, 0.05) is 33.2 Å². The second-order valence-electron chi connectivity index (χ2n) is 4.84. The molecule has 18 heavy (non-hydrogen) atoms. The van der Waals surface area contributed by atoms with Gasteiger partial charge in [-0.15, -0.1) is 0 Å². The quantitative estimate of drug-likeness (QED) is 0.691. The van der Waals surface area contributed by atoms with Gasteiger partial charge in [-0.05, 0) is 14.1 Å². The molecule has 1 atom stereocenters. The fourth-order valence-corrected chi connectivity index (χ4v) is 1.64. The minimum atomic E-state index is -1.27. The van der Waals surface area contributed by atoms with Crippen molar-refractivity contribution in [2.75, 3.05) is 47.4 Å². The van der Waals surface area contributed by atoms with Crippen LogP contribution in [-0.4, -0.2) is 79.9 Å². The van der Waals surface area contributed by atoms with Crippen molar-refractivity contribution in [3.05, 3.63) is 0 Å². The molecule has 0 aromatic heterocycles. The van der Waals surface area contributed by atoms with Crippen LogP contribution in [0.4, 0.5) is 4.79 Å². The van der Waals surface area contributed by atoms with E-state index in [1.165, 1.54) is 4.90 Å². The molecule has 1 aliphatic heterocycles. The Morgan fingerprint density at radius 2 is 2.00 bits per heavy atom. The molecule has 2 N–H and O–H groups in total. The number of hydrogen-bond acceptors (Lipinski definition) is 4. The van der Waals surface area contributed by atoms with Gasteiger partial charge < -0.3 is 25.0 Å². The van der Waals surface area contributed by atoms with Gasteiger partial charge in [-0.25, -0.2) is 9.59 Å². The van der Waals surface area contributed by atoms with Gasteiger partial charge in [-0.2, -0.15) is 0 Å². The number of urea groups is 1. The molecule has 0 aliphatic carbocycles. The number of carboxylic acid groups (broad SMARTS) is 1. The number of hydrogen-bond donors (Lipinski definition) is 2. The number of likely N-dealkylation sites (N-methyl/N-ethyl adjacent to an activating group) is 2. The summed E-state index contributed by atoms with van der Waals surface area (Å²) < 4.78 is 5.08. The van der Waals surface area contributed by atoms with Crippen molar-refractivity contribution < 1.29 is 19.4 Å². The van der Waals surface area contributed by atoms with Crippen molar-refractivity contribution in [3.8, 4) is 0 Å². The number of aliphatic carboxylic acids is 1. The van der Waals surface area contributed by atoms with E-state index in [2.05, 4.69) is 5.32 Å². The first-order valence-corrected chi connectivity index (χ1v) is 5.86. The highest BCUT2D eigenvalue weighted by Crippen LogP contribution is 2.19. The van der Waals surface area contributed by atoms with Gasteiger partial charge in [-0.1, -0.05) is 0 Å². The van der Waals surface area contributed by atoms with E-state index >= 15 is 0 Å². The number of ether oxygens (including phenoxy) is 1. The van der Waals surface area contributed by atoms with Crippen LogP contribution in [0.2, 0.25) is 0 Å². The van der Waals surface area contributed by atoms with Crippen LogP contribution in [0.15, 0.2) is 0 Å². The van der Waals surface area contributed by atoms with Crippen LogP contribution in [0.3, 0.4) is 0 Å². The van der Waals surface area contributed by atoms with Crippen molar-refractivity contribution in [2.24, 2.45) is 0 Å². The average Bonchev–Trinajstić information content (AvgIpc) is 2.75. The lowest BCUT2D eigenvalue weighted by atomic mass is 9.99. The minimum Gasteiger partial charge on any atom is -0.479 e. The maximum Gasteiger partial charge on any atom is 0.332 e. The third kappa shape index (κ3) is 3.58. The normalized spacial score (nSPS) is 23.1. The largest absolute Gasteiger partial charge is 0.479 e. The molecule has 0 saturated carbocycles. The Morgan fingerprint density at radius 3 is 2.44 bits per heavy atom. The Bertz CT molecular complexity index is 313. The number of amides is 2. The lowest BCUT2D eigenvalue weighted by Gasteiger charge is -2.28. The molecule has 1 saturated heterocycles. The first kappa shape index (κ1) is 14.7. The minimum absolute atomic E-state index is 0.0234. The monoisotopic (exact) mass is 259 g/mol. The van der Waals surface area contributed by atoms with Gasteiger partial charge >= 0.3 is 12.0 Å². The molecule has 1 fully saturated rings. The maximum absolute atomic E-state index is 11.9. The predicted octanol–water partition coefficient (Wildman–Crippen LogP) is -0.567. The molecular formula is C11H21N3O4. The zero-order chi connectivity index (χ0) is 13.8. The van der Waals surface area contributed by atoms with E-state index in [0.29, 0.717) is 19.6 Å². The third-order valence-electron chi connectivity index (χ3n) is 3.01. The molecule has 7 nitrogen and oxygen atoms in total. The molecule has 1 rings (SSSR count). The van der Waals surface area contributed by atoms with E-state index < -0.39 is 11.5 Å². The summed E-state index contributed by atoms with van der Waals surface area (Å²) in [5.41, 5.74) is -1.27. The summed E-state index contributed by atoms with van der Waals surface area (Å²) in [6.45, 7) is 1.64. The highest BCUT2D eigenvalue weighted by molar-refractivity contribution is 5.86. The molecule has 0 aromatic rings. The standard InChI is InChI=1S/C11H21N3O4/c1-13(2)5-6-14(3)10(17)12-11(9(15)16)4-7-18-8-11/h4-8H2,1-3H3,(H,12,17)(H,15,16). The van der Waals surface area contributed by atoms with E-state index in [-0.39, 0.29) is 12.6 Å². The molecule has 104 valence electrons. The van der Waals surface area contributed by atoms with Crippen LogP contribution in [0.25, 0.3) is 0 Å². The van der Waals surface area contributed by atoms with Crippen LogP contribution in [-0.2, 0) is 9.53 Å². The number of carboxylic acids is 1. The highest BCUT2D eigenvalue weighted by atomic mass is 16.5. The number of carbonyl (C=O) groups is 2. The molecule has 1 unspecified atom stereocenters. The first-order valence-electron chi connectivity index (χ1n) is 5.86. The fourth-order valence-electron chi connectivity index (χ4n) is 1.64. The average molecular weight is 259 g/mol. The summed E-state index contributed by atoms with van der Waals surface area (Å²) in [4.78, 5) is 26.6. The predicted molar refractivity (Wildman–Crippen MR) is 65.5 cm³/mol. The second kappa shape index (κ2) is 6.01. The summed E-state index contributed by atoms with van der Waals surface area (Å²) >= 11 is 0. The number of nitrogens with zero attached hydrogens (tertiary/aromatic N) is 2. The van der Waals surface area contributed by atoms with Gasteiger partial charge in [-0.3, -0.25) is 0 Å². The van der Waals surface area contributed by atoms with E-state index in [9.17, 15) is 14.7 Å². The summed E-state index contributed by atoms with van der Waals surface area (Å²) in [6, 6.07) is -0.384. The number of rotatable bonds is 5. The molecule has 7 heteroatoms. The SMILES string of the molecule is CN(C)CCN(C)C(=O)NC1(C(=O)O)CCOC1. The van der Waals surface area contributed by atoms with Gasteiger partial charge in [0.2, 0.25) is 0 Å². The molecule has 0 radical (unpaired) electrons. The first-order chi connectivity index (χ1) is 8.37. The highest BCUT2D eigenvalue weighted by Gasteiger charge is 2.44. The molecule has 1 heterocycles. The molecule has 0 spiro atoms. The van der Waals surface area contributed by atoms with Crippen LogP contribution >= 0.6 is 0 Å². The maximum atomic E-state index is 11.9. The third-order valence-corrected chi connectivity index (χ3v) is 3.01. The smallest absolute Gasteiger partial charge is 0.332 e. The topological polar surface area (TPSA) is 82.1 Å². The Kier molecular flexibility index (Phi) is 4.92. The van der Waals surface area contributed by atoms with Crippen LogP contribution in [0.1, 0.15) is 6.42 Å². The molecule has 0 bridgehead atoms. The van der Waals surface area contributed by atoms with Gasteiger partial charge in [0.25, 0.3) is 0 Å². The van der Waals surface area contributed by atoms with Gasteiger partial charge in [0.15, 0.2) is 5.54 Å². The molecule has 0 aromatic carbocycles. The Hall–Kier alpha value is -1.34. The van der Waals surface area contributed by atoms with Crippen molar-refractivity contribution in [1.82, 2.24) is 15.1 Å². The Balaban J connectivity index is 2.54. The molecule has 1 aliphatic rings. The summed E-state index contributed by atoms with van der Waals surface area (Å²) in [6.07, 6.45) is 0.301. The van der Waals surface area contributed by atoms with Crippen molar-refractivity contribution in [2.45, 2.75) is 12.0 Å². The number of nitrogens with one attached hydrogen (secondary N) is 1. The number of carbonyl (C=O) groups excluding carboxylic acids is 1. The van der Waals surface area contributed by atoms with Crippen LogP contribution in [0.5, 0.6) is 0 Å². The molecular weight excluding hydrogens is 238 g/mol. The summed E-state index contributed by atoms with van der Waals surface area (Å²) in [5, 5.41) is 11.8. The van der Waals surface area contributed by atoms with Gasteiger partial charge in [0.05, 0.1) is 6.61 Å². The van der Waals surface area contributed by atoms with E-state index in [1.54, 1.807) is 7.05 Å². The van der Waals surface area contributed by atoms with Crippen LogP contribution in [0, 0.1) is 0 Å². The lowest BCUT2D eigenvalue weighted by molar-refractivity contribution is -0.144. The Labute approximate surface area is 107 Å². The van der Waals surface area contributed by atoms with Crippen molar-refractivity contribution in [1.29, 1.82) is 0 Å². The second-order valence-corrected chi connectivity index (χ2v) is 4.84. The van der Waals surface area contributed by atoms with E-state index in [1.807, 2.05) is 19.0 Å². The van der Waals surface area contributed by atoms with E-state index in [4.69, 9.17) is 4.74 Å².